The van der Waals surface area contributed by atoms with E-state index in [9.17, 15) is 14.4 Å². The number of carbonyl (C=O) groups excluding carboxylic acids is 1. The minimum atomic E-state index is -1.25. The lowest BCUT2D eigenvalue weighted by Crippen LogP contribution is -2.39. The van der Waals surface area contributed by atoms with E-state index < -0.39 is 30.9 Å². The molecule has 1 aromatic rings. The highest BCUT2D eigenvalue weighted by atomic mass is 16.4. The maximum Gasteiger partial charge on any atom is 0.323 e. The van der Waals surface area contributed by atoms with Crippen LogP contribution in [0.25, 0.3) is 0 Å². The molecule has 7 heteroatoms. The van der Waals surface area contributed by atoms with E-state index in [0.29, 0.717) is 6.42 Å². The van der Waals surface area contributed by atoms with E-state index in [2.05, 4.69) is 0 Å². The zero-order chi connectivity index (χ0) is 15.8. The normalized spacial score (nSPS) is 11.7. The van der Waals surface area contributed by atoms with E-state index in [1.807, 2.05) is 30.3 Å². The van der Waals surface area contributed by atoms with Crippen molar-refractivity contribution >= 4 is 17.8 Å². The van der Waals surface area contributed by atoms with Crippen molar-refractivity contribution in [1.29, 1.82) is 0 Å². The average Bonchev–Trinajstić information content (AvgIpc) is 2.43. The largest absolute Gasteiger partial charge is 0.480 e. The van der Waals surface area contributed by atoms with E-state index in [0.717, 1.165) is 10.5 Å². The molecule has 0 spiro atoms. The van der Waals surface area contributed by atoms with Gasteiger partial charge in [-0.05, 0) is 12.0 Å². The second-order valence-corrected chi connectivity index (χ2v) is 4.59. The molecule has 114 valence electrons. The Balaban J connectivity index is 2.56. The zero-order valence-electron chi connectivity index (χ0n) is 11.4. The van der Waals surface area contributed by atoms with Gasteiger partial charge in [0, 0.05) is 12.5 Å². The molecule has 0 aliphatic rings. The van der Waals surface area contributed by atoms with Crippen LogP contribution in [-0.4, -0.2) is 46.0 Å². The number of carbonyl (C=O) groups is 3. The van der Waals surface area contributed by atoms with E-state index >= 15 is 0 Å². The van der Waals surface area contributed by atoms with Crippen LogP contribution in [0.4, 0.5) is 0 Å². The lowest BCUT2D eigenvalue weighted by atomic mass is 10.0. The van der Waals surface area contributed by atoms with Crippen LogP contribution in [0.15, 0.2) is 30.3 Å². The van der Waals surface area contributed by atoms with Crippen LogP contribution in [0.5, 0.6) is 0 Å². The van der Waals surface area contributed by atoms with Crippen molar-refractivity contribution in [3.63, 3.8) is 0 Å². The Morgan fingerprint density at radius 2 is 1.57 bits per heavy atom. The quantitative estimate of drug-likeness (QED) is 0.640. The minimum Gasteiger partial charge on any atom is -0.480 e. The maximum absolute atomic E-state index is 11.9. The Kier molecular flexibility index (Phi) is 6.35. The van der Waals surface area contributed by atoms with Crippen molar-refractivity contribution in [2.75, 3.05) is 13.1 Å². The van der Waals surface area contributed by atoms with Crippen LogP contribution in [0.2, 0.25) is 0 Å². The topological polar surface area (TPSA) is 121 Å². The molecule has 0 saturated heterocycles. The lowest BCUT2D eigenvalue weighted by molar-refractivity contribution is -0.149. The Morgan fingerprint density at radius 3 is 2.05 bits per heavy atom. The Labute approximate surface area is 122 Å². The van der Waals surface area contributed by atoms with Crippen LogP contribution >= 0.6 is 0 Å². The summed E-state index contributed by atoms with van der Waals surface area (Å²) in [5.74, 6) is -3.04. The molecule has 0 aliphatic carbocycles. The Hall–Kier alpha value is -2.41. The van der Waals surface area contributed by atoms with Gasteiger partial charge in [-0.3, -0.25) is 14.4 Å². The number of nitrogens with two attached hydrogens (primary N) is 1. The second-order valence-electron chi connectivity index (χ2n) is 4.59. The summed E-state index contributed by atoms with van der Waals surface area (Å²) >= 11 is 0. The second kappa shape index (κ2) is 8.01. The first-order valence-electron chi connectivity index (χ1n) is 6.42. The molecule has 0 heterocycles. The fourth-order valence-electron chi connectivity index (χ4n) is 1.86. The standard InChI is InChI=1S/C14H18N2O5/c15-11(10-4-2-1-3-5-10)6-7-12(17)16(8-13(18)19)9-14(20)21/h1-5,11H,6-9,15H2,(H,18,19)(H,20,21). The lowest BCUT2D eigenvalue weighted by Gasteiger charge is -2.19. The first-order chi connectivity index (χ1) is 9.90. The molecular formula is C14H18N2O5. The van der Waals surface area contributed by atoms with E-state index in [4.69, 9.17) is 15.9 Å². The van der Waals surface area contributed by atoms with Crippen LogP contribution in [-0.2, 0) is 14.4 Å². The van der Waals surface area contributed by atoms with E-state index in [1.165, 1.54) is 0 Å². The molecule has 0 fully saturated rings. The molecule has 7 nitrogen and oxygen atoms in total. The zero-order valence-corrected chi connectivity index (χ0v) is 11.4. The highest BCUT2D eigenvalue weighted by Crippen LogP contribution is 2.15. The number of nitrogens with zero attached hydrogens (tertiary/aromatic N) is 1. The van der Waals surface area contributed by atoms with Gasteiger partial charge >= 0.3 is 11.9 Å². The number of hydrogen-bond acceptors (Lipinski definition) is 4. The SMILES string of the molecule is NC(CCC(=O)N(CC(=O)O)CC(=O)O)c1ccccc1. The monoisotopic (exact) mass is 294 g/mol. The van der Waals surface area contributed by atoms with Crippen LogP contribution in [0.3, 0.4) is 0 Å². The van der Waals surface area contributed by atoms with Crippen molar-refractivity contribution in [1.82, 2.24) is 4.90 Å². The van der Waals surface area contributed by atoms with Gasteiger partial charge in [-0.2, -0.15) is 0 Å². The van der Waals surface area contributed by atoms with E-state index in [-0.39, 0.29) is 12.5 Å². The number of aliphatic carboxylic acids is 2. The molecule has 1 atom stereocenters. The molecule has 1 amide bonds. The summed E-state index contributed by atoms with van der Waals surface area (Å²) in [6, 6.07) is 8.83. The molecule has 0 saturated carbocycles. The molecular weight excluding hydrogens is 276 g/mol. The molecule has 0 aliphatic heterocycles. The first-order valence-corrected chi connectivity index (χ1v) is 6.42. The summed E-state index contributed by atoms with van der Waals surface area (Å²) in [5.41, 5.74) is 6.81. The van der Waals surface area contributed by atoms with Gasteiger partial charge in [0.15, 0.2) is 0 Å². The number of carboxylic acids is 2. The predicted molar refractivity (Wildman–Crippen MR) is 74.5 cm³/mol. The van der Waals surface area contributed by atoms with Crippen molar-refractivity contribution in [3.05, 3.63) is 35.9 Å². The van der Waals surface area contributed by atoms with Gasteiger partial charge in [-0.25, -0.2) is 0 Å². The van der Waals surface area contributed by atoms with Gasteiger partial charge < -0.3 is 20.8 Å². The molecule has 1 unspecified atom stereocenters. The number of hydrogen-bond donors (Lipinski definition) is 3. The molecule has 1 rings (SSSR count). The molecule has 0 aromatic heterocycles. The smallest absolute Gasteiger partial charge is 0.323 e. The summed E-state index contributed by atoms with van der Waals surface area (Å²) in [7, 11) is 0. The fraction of sp³-hybridized carbons (Fsp3) is 0.357. The Bertz CT molecular complexity index is 487. The molecule has 21 heavy (non-hydrogen) atoms. The number of rotatable bonds is 8. The third-order valence-corrected chi connectivity index (χ3v) is 2.90. The molecule has 1 aromatic carbocycles. The van der Waals surface area contributed by atoms with Gasteiger partial charge in [0.05, 0.1) is 0 Å². The summed E-state index contributed by atoms with van der Waals surface area (Å²) in [4.78, 5) is 34.0. The average molecular weight is 294 g/mol. The third-order valence-electron chi connectivity index (χ3n) is 2.90. The predicted octanol–water partition coefficient (Wildman–Crippen LogP) is 0.464. The summed E-state index contributed by atoms with van der Waals surface area (Å²) < 4.78 is 0. The highest BCUT2D eigenvalue weighted by Gasteiger charge is 2.20. The van der Waals surface area contributed by atoms with Gasteiger partial charge in [0.25, 0.3) is 0 Å². The van der Waals surface area contributed by atoms with Crippen LogP contribution in [0, 0.1) is 0 Å². The first kappa shape index (κ1) is 16.6. The van der Waals surface area contributed by atoms with Gasteiger partial charge in [-0.1, -0.05) is 30.3 Å². The number of amides is 1. The number of benzene rings is 1. The summed E-state index contributed by atoms with van der Waals surface area (Å²) in [6.45, 7) is -1.27. The van der Waals surface area contributed by atoms with Gasteiger partial charge in [0.1, 0.15) is 13.1 Å². The van der Waals surface area contributed by atoms with Crippen molar-refractivity contribution in [2.45, 2.75) is 18.9 Å². The van der Waals surface area contributed by atoms with Crippen molar-refractivity contribution < 1.29 is 24.6 Å². The number of carboxylic acid groups (broad SMARTS) is 2. The minimum absolute atomic E-state index is 0.00335. The fourth-order valence-corrected chi connectivity index (χ4v) is 1.86. The van der Waals surface area contributed by atoms with Crippen molar-refractivity contribution in [3.8, 4) is 0 Å². The molecule has 0 radical (unpaired) electrons. The third kappa shape index (κ3) is 6.05. The van der Waals surface area contributed by atoms with Crippen molar-refractivity contribution in [2.24, 2.45) is 5.73 Å². The molecule has 4 N–H and O–H groups in total. The highest BCUT2D eigenvalue weighted by molar-refractivity contribution is 5.85. The maximum atomic E-state index is 11.9. The van der Waals surface area contributed by atoms with Gasteiger partial charge in [-0.15, -0.1) is 0 Å². The molecule has 0 bridgehead atoms. The van der Waals surface area contributed by atoms with Crippen LogP contribution < -0.4 is 5.73 Å². The van der Waals surface area contributed by atoms with Crippen LogP contribution in [0.1, 0.15) is 24.4 Å². The summed E-state index contributed by atoms with van der Waals surface area (Å²) in [5, 5.41) is 17.4. The summed E-state index contributed by atoms with van der Waals surface area (Å²) in [6.07, 6.45) is 0.315. The Morgan fingerprint density at radius 1 is 1.05 bits per heavy atom. The van der Waals surface area contributed by atoms with Gasteiger partial charge in [0.2, 0.25) is 5.91 Å². The van der Waals surface area contributed by atoms with E-state index in [1.54, 1.807) is 0 Å².